The van der Waals surface area contributed by atoms with Crippen molar-refractivity contribution in [1.82, 2.24) is 0 Å². The molecule has 0 aliphatic rings. The van der Waals surface area contributed by atoms with Crippen LogP contribution in [0.5, 0.6) is 0 Å². The van der Waals surface area contributed by atoms with Gasteiger partial charge in [0.25, 0.3) is 0 Å². The molecule has 1 atom stereocenters. The van der Waals surface area contributed by atoms with E-state index in [1.165, 1.54) is 15.3 Å². The van der Waals surface area contributed by atoms with Crippen molar-refractivity contribution >= 4 is 38.9 Å². The van der Waals surface area contributed by atoms with Gasteiger partial charge in [-0.05, 0) is 41.7 Å². The van der Waals surface area contributed by atoms with Crippen LogP contribution >= 0.6 is 38.9 Å². The number of rotatable bonds is 2. The van der Waals surface area contributed by atoms with Crippen LogP contribution in [0.15, 0.2) is 34.8 Å². The van der Waals surface area contributed by atoms with E-state index in [9.17, 15) is 0 Å². The fourth-order valence-electron chi connectivity index (χ4n) is 1.82. The fourth-order valence-corrected chi connectivity index (χ4v) is 3.63. The smallest absolute Gasteiger partial charge is 0.0928 e. The molecule has 102 valence electrons. The standard InChI is InChI=1S/C16H18BrClS/c1-10-5-6-11(9-12(10)17)15(18)13-7-8-14(19-13)16(2,3)4/h5-9,15H,1-4H3. The van der Waals surface area contributed by atoms with Gasteiger partial charge in [0.05, 0.1) is 5.38 Å². The number of hydrogen-bond acceptors (Lipinski definition) is 1. The largest absolute Gasteiger partial charge is 0.143 e. The second-order valence-electron chi connectivity index (χ2n) is 5.82. The lowest BCUT2D eigenvalue weighted by atomic mass is 9.95. The highest BCUT2D eigenvalue weighted by atomic mass is 79.9. The molecule has 3 heteroatoms. The number of benzene rings is 1. The number of alkyl halides is 1. The zero-order chi connectivity index (χ0) is 14.2. The summed E-state index contributed by atoms with van der Waals surface area (Å²) < 4.78 is 1.11. The minimum Gasteiger partial charge on any atom is -0.143 e. The van der Waals surface area contributed by atoms with Gasteiger partial charge in [0.15, 0.2) is 0 Å². The molecule has 1 aromatic carbocycles. The Hall–Kier alpha value is -0.310. The van der Waals surface area contributed by atoms with Crippen molar-refractivity contribution in [3.05, 3.63) is 55.7 Å². The first-order valence-corrected chi connectivity index (χ1v) is 8.34. The maximum absolute atomic E-state index is 6.61. The van der Waals surface area contributed by atoms with Crippen LogP contribution in [-0.4, -0.2) is 0 Å². The van der Waals surface area contributed by atoms with Crippen molar-refractivity contribution in [3.63, 3.8) is 0 Å². The maximum Gasteiger partial charge on any atom is 0.0928 e. The summed E-state index contributed by atoms with van der Waals surface area (Å²) in [5.74, 6) is 0. The predicted molar refractivity (Wildman–Crippen MR) is 89.6 cm³/mol. The molecule has 0 nitrogen and oxygen atoms in total. The van der Waals surface area contributed by atoms with Crippen LogP contribution in [0.25, 0.3) is 0 Å². The quantitative estimate of drug-likeness (QED) is 0.542. The summed E-state index contributed by atoms with van der Waals surface area (Å²) in [6, 6.07) is 10.7. The summed E-state index contributed by atoms with van der Waals surface area (Å²) >= 11 is 12.0. The molecule has 0 fully saturated rings. The third-order valence-electron chi connectivity index (χ3n) is 3.10. The summed E-state index contributed by atoms with van der Waals surface area (Å²) in [5, 5.41) is -0.0713. The minimum absolute atomic E-state index is 0.0713. The van der Waals surface area contributed by atoms with E-state index < -0.39 is 0 Å². The minimum atomic E-state index is -0.0713. The van der Waals surface area contributed by atoms with Gasteiger partial charge in [-0.3, -0.25) is 0 Å². The van der Waals surface area contributed by atoms with Crippen molar-refractivity contribution in [2.24, 2.45) is 0 Å². The Labute approximate surface area is 132 Å². The topological polar surface area (TPSA) is 0 Å². The third-order valence-corrected chi connectivity index (χ3v) is 6.15. The van der Waals surface area contributed by atoms with Gasteiger partial charge in [-0.15, -0.1) is 22.9 Å². The zero-order valence-corrected chi connectivity index (χ0v) is 14.8. The molecule has 0 aliphatic heterocycles. The number of hydrogen-bond donors (Lipinski definition) is 0. The van der Waals surface area contributed by atoms with Crippen molar-refractivity contribution in [3.8, 4) is 0 Å². The molecule has 2 rings (SSSR count). The van der Waals surface area contributed by atoms with Crippen molar-refractivity contribution in [2.75, 3.05) is 0 Å². The van der Waals surface area contributed by atoms with Gasteiger partial charge in [-0.1, -0.05) is 48.8 Å². The van der Waals surface area contributed by atoms with Crippen LogP contribution in [0, 0.1) is 6.92 Å². The second kappa shape index (κ2) is 5.59. The van der Waals surface area contributed by atoms with E-state index in [1.54, 1.807) is 11.3 Å². The van der Waals surface area contributed by atoms with Crippen molar-refractivity contribution in [2.45, 2.75) is 38.5 Å². The Morgan fingerprint density at radius 1 is 1.16 bits per heavy atom. The molecule has 2 aromatic rings. The molecule has 0 radical (unpaired) electrons. The highest BCUT2D eigenvalue weighted by Gasteiger charge is 2.20. The van der Waals surface area contributed by atoms with Crippen LogP contribution in [-0.2, 0) is 5.41 Å². The fraction of sp³-hybridized carbons (Fsp3) is 0.375. The second-order valence-corrected chi connectivity index (χ2v) is 8.23. The normalized spacial score (nSPS) is 13.6. The Morgan fingerprint density at radius 3 is 2.37 bits per heavy atom. The van der Waals surface area contributed by atoms with Gasteiger partial charge in [0.1, 0.15) is 0 Å². The van der Waals surface area contributed by atoms with E-state index in [0.717, 1.165) is 10.0 Å². The zero-order valence-electron chi connectivity index (χ0n) is 11.6. The van der Waals surface area contributed by atoms with Crippen LogP contribution in [0.2, 0.25) is 0 Å². The molecule has 1 heterocycles. The average molecular weight is 358 g/mol. The van der Waals surface area contributed by atoms with Crippen LogP contribution in [0.1, 0.15) is 47.0 Å². The van der Waals surface area contributed by atoms with Gasteiger partial charge in [0.2, 0.25) is 0 Å². The van der Waals surface area contributed by atoms with Crippen LogP contribution in [0.3, 0.4) is 0 Å². The van der Waals surface area contributed by atoms with E-state index in [4.69, 9.17) is 11.6 Å². The molecule has 1 unspecified atom stereocenters. The molecule has 0 saturated heterocycles. The Balaban J connectivity index is 2.31. The van der Waals surface area contributed by atoms with Crippen LogP contribution < -0.4 is 0 Å². The predicted octanol–water partition coefficient (Wildman–Crippen LogP) is 6.44. The van der Waals surface area contributed by atoms with Gasteiger partial charge in [-0.25, -0.2) is 0 Å². The highest BCUT2D eigenvalue weighted by Crippen LogP contribution is 2.38. The summed E-state index contributed by atoms with van der Waals surface area (Å²) in [4.78, 5) is 2.58. The van der Waals surface area contributed by atoms with Gasteiger partial charge >= 0.3 is 0 Å². The lowest BCUT2D eigenvalue weighted by Crippen LogP contribution is -2.07. The Bertz CT molecular complexity index is 581. The molecule has 0 N–H and O–H groups in total. The molecule has 1 aromatic heterocycles. The SMILES string of the molecule is Cc1ccc(C(Cl)c2ccc(C(C)(C)C)s2)cc1Br. The molecule has 19 heavy (non-hydrogen) atoms. The highest BCUT2D eigenvalue weighted by molar-refractivity contribution is 9.10. The van der Waals surface area contributed by atoms with Crippen molar-refractivity contribution in [1.29, 1.82) is 0 Å². The number of thiophene rings is 1. The van der Waals surface area contributed by atoms with Crippen molar-refractivity contribution < 1.29 is 0 Å². The van der Waals surface area contributed by atoms with E-state index in [2.05, 4.69) is 74.0 Å². The lowest BCUT2D eigenvalue weighted by Gasteiger charge is -2.15. The van der Waals surface area contributed by atoms with Gasteiger partial charge in [0, 0.05) is 14.2 Å². The Morgan fingerprint density at radius 2 is 1.84 bits per heavy atom. The molecule has 0 saturated carbocycles. The first kappa shape index (κ1) is 15.1. The molecule has 0 amide bonds. The van der Waals surface area contributed by atoms with Gasteiger partial charge in [-0.2, -0.15) is 0 Å². The molecule has 0 spiro atoms. The summed E-state index contributed by atoms with van der Waals surface area (Å²) in [6.45, 7) is 8.77. The molecule has 0 aliphatic carbocycles. The third kappa shape index (κ3) is 3.42. The molecule has 0 bridgehead atoms. The van der Waals surface area contributed by atoms with E-state index in [1.807, 2.05) is 0 Å². The summed E-state index contributed by atoms with van der Waals surface area (Å²) in [6.07, 6.45) is 0. The summed E-state index contributed by atoms with van der Waals surface area (Å²) in [7, 11) is 0. The average Bonchev–Trinajstić information content (AvgIpc) is 2.81. The number of aryl methyl sites for hydroxylation is 1. The van der Waals surface area contributed by atoms with Gasteiger partial charge < -0.3 is 0 Å². The van der Waals surface area contributed by atoms with E-state index in [-0.39, 0.29) is 10.8 Å². The van der Waals surface area contributed by atoms with E-state index in [0.29, 0.717) is 0 Å². The van der Waals surface area contributed by atoms with Crippen LogP contribution in [0.4, 0.5) is 0 Å². The number of halogens is 2. The summed E-state index contributed by atoms with van der Waals surface area (Å²) in [5.41, 5.74) is 2.56. The first-order chi connectivity index (χ1) is 8.79. The molecular formula is C16H18BrClS. The Kier molecular flexibility index (Phi) is 4.44. The lowest BCUT2D eigenvalue weighted by molar-refractivity contribution is 0.604. The van der Waals surface area contributed by atoms with E-state index >= 15 is 0 Å². The maximum atomic E-state index is 6.61. The monoisotopic (exact) mass is 356 g/mol. The first-order valence-electron chi connectivity index (χ1n) is 6.29. The molecular weight excluding hydrogens is 340 g/mol.